The summed E-state index contributed by atoms with van der Waals surface area (Å²) in [6.07, 6.45) is 6.33. The van der Waals surface area contributed by atoms with Crippen LogP contribution in [0, 0.1) is 0 Å². The minimum Gasteiger partial charge on any atom is -0.347 e. The van der Waals surface area contributed by atoms with E-state index in [-0.39, 0.29) is 0 Å². The second-order valence-electron chi connectivity index (χ2n) is 5.58. The van der Waals surface area contributed by atoms with Crippen molar-refractivity contribution in [3.8, 4) is 0 Å². The van der Waals surface area contributed by atoms with E-state index in [0.29, 0.717) is 5.92 Å². The molecule has 1 aliphatic rings. The molecular formula is C16H22N4S. The van der Waals surface area contributed by atoms with Gasteiger partial charge in [0.1, 0.15) is 0 Å². The molecular weight excluding hydrogens is 280 g/mol. The Morgan fingerprint density at radius 3 is 2.95 bits per heavy atom. The van der Waals surface area contributed by atoms with E-state index in [1.807, 2.05) is 29.8 Å². The van der Waals surface area contributed by atoms with Gasteiger partial charge in [-0.15, -0.1) is 11.3 Å². The highest BCUT2D eigenvalue weighted by molar-refractivity contribution is 7.15. The molecule has 112 valence electrons. The number of rotatable bonds is 7. The molecule has 3 rings (SSSR count). The third-order valence-electron chi connectivity index (χ3n) is 3.68. The highest BCUT2D eigenvalue weighted by atomic mass is 32.1. The molecule has 0 spiro atoms. The molecule has 0 unspecified atom stereocenters. The lowest BCUT2D eigenvalue weighted by molar-refractivity contribution is 0.726. The minimum absolute atomic E-state index is 0.704. The van der Waals surface area contributed by atoms with E-state index >= 15 is 0 Å². The molecule has 2 aromatic heterocycles. The number of hydrogen-bond acceptors (Lipinski definition) is 5. The first kappa shape index (κ1) is 14.5. The zero-order chi connectivity index (χ0) is 14.7. The van der Waals surface area contributed by atoms with Crippen molar-refractivity contribution in [3.05, 3.63) is 40.7 Å². The number of pyridine rings is 1. The van der Waals surface area contributed by atoms with Gasteiger partial charge in [-0.1, -0.05) is 13.0 Å². The van der Waals surface area contributed by atoms with Crippen LogP contribution in [0.3, 0.4) is 0 Å². The molecule has 0 saturated heterocycles. The van der Waals surface area contributed by atoms with Crippen LogP contribution < -0.4 is 10.2 Å². The van der Waals surface area contributed by atoms with Crippen LogP contribution in [0.5, 0.6) is 0 Å². The Hall–Kier alpha value is -1.46. The van der Waals surface area contributed by atoms with Crippen molar-refractivity contribution in [2.45, 2.75) is 38.8 Å². The van der Waals surface area contributed by atoms with Gasteiger partial charge >= 0.3 is 0 Å². The summed E-state index contributed by atoms with van der Waals surface area (Å²) < 4.78 is 0. The molecule has 2 aromatic rings. The number of thiazole rings is 1. The summed E-state index contributed by atoms with van der Waals surface area (Å²) in [6, 6.07) is 4.09. The van der Waals surface area contributed by atoms with Crippen molar-refractivity contribution < 1.29 is 0 Å². The van der Waals surface area contributed by atoms with Gasteiger partial charge in [-0.05, 0) is 31.0 Å². The number of hydrogen-bond donors (Lipinski definition) is 1. The fourth-order valence-electron chi connectivity index (χ4n) is 2.39. The monoisotopic (exact) mass is 302 g/mol. The Kier molecular flexibility index (Phi) is 4.51. The van der Waals surface area contributed by atoms with E-state index in [2.05, 4.69) is 35.2 Å². The van der Waals surface area contributed by atoms with Gasteiger partial charge in [-0.25, -0.2) is 4.98 Å². The van der Waals surface area contributed by atoms with Gasteiger partial charge in [-0.2, -0.15) is 0 Å². The Morgan fingerprint density at radius 1 is 1.43 bits per heavy atom. The molecule has 0 amide bonds. The summed E-state index contributed by atoms with van der Waals surface area (Å²) >= 11 is 1.83. The summed E-state index contributed by atoms with van der Waals surface area (Å²) in [4.78, 5) is 12.7. The third-order valence-corrected chi connectivity index (χ3v) is 4.87. The predicted molar refractivity (Wildman–Crippen MR) is 87.8 cm³/mol. The molecule has 0 aromatic carbocycles. The first-order chi connectivity index (χ1) is 10.3. The summed E-state index contributed by atoms with van der Waals surface area (Å²) in [7, 11) is 2.11. The third kappa shape index (κ3) is 3.60. The van der Waals surface area contributed by atoms with Crippen molar-refractivity contribution in [1.82, 2.24) is 15.3 Å². The van der Waals surface area contributed by atoms with Gasteiger partial charge in [0.05, 0.1) is 5.69 Å². The van der Waals surface area contributed by atoms with Crippen LogP contribution >= 0.6 is 11.3 Å². The Morgan fingerprint density at radius 2 is 2.29 bits per heavy atom. The van der Waals surface area contributed by atoms with Gasteiger partial charge in [-0.3, -0.25) is 4.98 Å². The second-order valence-corrected chi connectivity index (χ2v) is 6.64. The van der Waals surface area contributed by atoms with Crippen molar-refractivity contribution in [2.75, 3.05) is 18.5 Å². The normalized spacial score (nSPS) is 14.4. The van der Waals surface area contributed by atoms with Crippen molar-refractivity contribution in [3.63, 3.8) is 0 Å². The summed E-state index contributed by atoms with van der Waals surface area (Å²) in [5, 5.41) is 4.55. The van der Waals surface area contributed by atoms with Crippen LogP contribution in [0.4, 0.5) is 5.13 Å². The maximum absolute atomic E-state index is 4.91. The molecule has 1 fully saturated rings. The summed E-state index contributed by atoms with van der Waals surface area (Å²) in [6.45, 7) is 4.95. The van der Waals surface area contributed by atoms with E-state index in [1.54, 1.807) is 0 Å². The van der Waals surface area contributed by atoms with Crippen molar-refractivity contribution >= 4 is 16.5 Å². The van der Waals surface area contributed by atoms with Gasteiger partial charge in [0.25, 0.3) is 0 Å². The van der Waals surface area contributed by atoms with Crippen LogP contribution in [-0.2, 0) is 13.1 Å². The fourth-order valence-corrected chi connectivity index (χ4v) is 3.46. The van der Waals surface area contributed by atoms with E-state index in [1.165, 1.54) is 29.0 Å². The topological polar surface area (TPSA) is 41.0 Å². The van der Waals surface area contributed by atoms with Crippen LogP contribution in [-0.4, -0.2) is 23.6 Å². The first-order valence-electron chi connectivity index (χ1n) is 7.58. The van der Waals surface area contributed by atoms with Crippen molar-refractivity contribution in [2.24, 2.45) is 0 Å². The highest BCUT2D eigenvalue weighted by Gasteiger charge is 2.30. The number of anilines is 1. The molecule has 1 saturated carbocycles. The fraction of sp³-hybridized carbons (Fsp3) is 0.500. The lowest BCUT2D eigenvalue weighted by atomic mass is 10.2. The first-order valence-corrected chi connectivity index (χ1v) is 8.40. The molecule has 21 heavy (non-hydrogen) atoms. The van der Waals surface area contributed by atoms with Crippen LogP contribution in [0.2, 0.25) is 0 Å². The van der Waals surface area contributed by atoms with Crippen LogP contribution in [0.1, 0.15) is 41.8 Å². The minimum atomic E-state index is 0.704. The molecule has 4 nitrogen and oxygen atoms in total. The largest absolute Gasteiger partial charge is 0.347 e. The van der Waals surface area contributed by atoms with E-state index in [4.69, 9.17) is 4.98 Å². The number of nitrogens with one attached hydrogen (secondary N) is 1. The molecule has 2 heterocycles. The SMILES string of the molecule is CCNCc1sc(N(C)Cc2cccnc2)nc1C1CC1. The zero-order valence-electron chi connectivity index (χ0n) is 12.7. The van der Waals surface area contributed by atoms with E-state index in [9.17, 15) is 0 Å². The highest BCUT2D eigenvalue weighted by Crippen LogP contribution is 2.44. The second kappa shape index (κ2) is 6.54. The predicted octanol–water partition coefficient (Wildman–Crippen LogP) is 3.16. The Labute approximate surface area is 130 Å². The number of nitrogens with zero attached hydrogens (tertiary/aromatic N) is 3. The van der Waals surface area contributed by atoms with Crippen LogP contribution in [0.15, 0.2) is 24.5 Å². The Bertz CT molecular complexity index is 577. The maximum atomic E-state index is 4.91. The molecule has 0 atom stereocenters. The molecule has 0 bridgehead atoms. The lowest BCUT2D eigenvalue weighted by Gasteiger charge is -2.15. The van der Waals surface area contributed by atoms with Gasteiger partial charge < -0.3 is 10.2 Å². The average molecular weight is 302 g/mol. The molecule has 1 aliphatic carbocycles. The van der Waals surface area contributed by atoms with E-state index in [0.717, 1.165) is 24.8 Å². The molecule has 0 aliphatic heterocycles. The maximum Gasteiger partial charge on any atom is 0.185 e. The van der Waals surface area contributed by atoms with E-state index < -0.39 is 0 Å². The Balaban J connectivity index is 1.74. The smallest absolute Gasteiger partial charge is 0.185 e. The standard InChI is InChI=1S/C16H22N4S/c1-3-17-10-14-15(13-6-7-13)19-16(21-14)20(2)11-12-5-4-8-18-9-12/h4-5,8-9,13,17H,3,6-7,10-11H2,1-2H3. The molecule has 5 heteroatoms. The van der Waals surface area contributed by atoms with Gasteiger partial charge in [0.2, 0.25) is 0 Å². The summed E-state index contributed by atoms with van der Waals surface area (Å²) in [5.74, 6) is 0.704. The molecule has 1 N–H and O–H groups in total. The average Bonchev–Trinajstić information content (AvgIpc) is 3.26. The van der Waals surface area contributed by atoms with Gasteiger partial charge in [0, 0.05) is 43.3 Å². The van der Waals surface area contributed by atoms with Crippen molar-refractivity contribution in [1.29, 1.82) is 0 Å². The molecule has 0 radical (unpaired) electrons. The lowest BCUT2D eigenvalue weighted by Crippen LogP contribution is -2.16. The number of aromatic nitrogens is 2. The summed E-state index contributed by atoms with van der Waals surface area (Å²) in [5.41, 5.74) is 2.55. The zero-order valence-corrected chi connectivity index (χ0v) is 13.5. The van der Waals surface area contributed by atoms with Gasteiger partial charge in [0.15, 0.2) is 5.13 Å². The quantitative estimate of drug-likeness (QED) is 0.853. The van der Waals surface area contributed by atoms with Crippen LogP contribution in [0.25, 0.3) is 0 Å².